The van der Waals surface area contributed by atoms with Gasteiger partial charge in [-0.25, -0.2) is 4.79 Å². The summed E-state index contributed by atoms with van der Waals surface area (Å²) in [7, 11) is 0. The Morgan fingerprint density at radius 3 is 2.57 bits per heavy atom. The number of hydrogen-bond donors (Lipinski definition) is 0. The van der Waals surface area contributed by atoms with Crippen molar-refractivity contribution in [2.75, 3.05) is 0 Å². The van der Waals surface area contributed by atoms with Crippen LogP contribution in [0.3, 0.4) is 0 Å². The Morgan fingerprint density at radius 1 is 1.19 bits per heavy atom. The first-order valence-corrected chi connectivity index (χ1v) is 7.59. The fraction of sp³-hybridized carbons (Fsp3) is 0.235. The van der Waals surface area contributed by atoms with Crippen LogP contribution in [0, 0.1) is 0 Å². The average molecular weight is 344 g/mol. The van der Waals surface area contributed by atoms with Crippen molar-refractivity contribution < 1.29 is 9.53 Å². The second-order valence-electron chi connectivity index (χ2n) is 5.15. The van der Waals surface area contributed by atoms with Gasteiger partial charge in [0.05, 0.1) is 10.0 Å². The van der Waals surface area contributed by atoms with Gasteiger partial charge in [0.2, 0.25) is 6.08 Å². The Hall–Kier alpha value is -1.90. The lowest BCUT2D eigenvalue weighted by Crippen LogP contribution is -2.03. The Bertz CT molecular complexity index is 689. The van der Waals surface area contributed by atoms with Gasteiger partial charge < -0.3 is 4.74 Å². The predicted molar refractivity (Wildman–Crippen MR) is 83.9 cm³/mol. The molecule has 0 amide bonds. The van der Waals surface area contributed by atoms with E-state index in [1.807, 2.05) is 48.5 Å². The van der Waals surface area contributed by atoms with E-state index < -0.39 is 0 Å². The minimum absolute atomic E-state index is 0.345. The lowest BCUT2D eigenvalue weighted by molar-refractivity contribution is 0.304. The molecular weight excluding hydrogens is 330 g/mol. The second-order valence-corrected chi connectivity index (χ2v) is 6.01. The van der Waals surface area contributed by atoms with E-state index in [1.165, 1.54) is 0 Å². The molecule has 0 unspecified atom stereocenters. The highest BCUT2D eigenvalue weighted by atomic mass is 79.9. The monoisotopic (exact) mass is 343 g/mol. The number of nitrogens with zero attached hydrogens (tertiary/aromatic N) is 1. The summed E-state index contributed by atoms with van der Waals surface area (Å²) in [6.07, 6.45) is 3.48. The van der Waals surface area contributed by atoms with E-state index in [1.54, 1.807) is 6.08 Å². The first-order chi connectivity index (χ1) is 10.2. The Labute approximate surface area is 131 Å². The van der Waals surface area contributed by atoms with Gasteiger partial charge in [0, 0.05) is 0 Å². The first kappa shape index (κ1) is 14.1. The largest absolute Gasteiger partial charge is 0.488 e. The van der Waals surface area contributed by atoms with E-state index in [-0.39, 0.29) is 5.54 Å². The lowest BCUT2D eigenvalue weighted by atomic mass is 10.1. The molecule has 2 aromatic carbocycles. The van der Waals surface area contributed by atoms with Crippen LogP contribution < -0.4 is 4.74 Å². The molecule has 4 heteroatoms. The molecule has 0 aliphatic heterocycles. The highest BCUT2D eigenvalue weighted by Crippen LogP contribution is 2.50. The maximum atomic E-state index is 10.5. The summed E-state index contributed by atoms with van der Waals surface area (Å²) in [6.45, 7) is 0.524. The first-order valence-electron chi connectivity index (χ1n) is 6.79. The van der Waals surface area contributed by atoms with E-state index >= 15 is 0 Å². The van der Waals surface area contributed by atoms with Crippen LogP contribution in [0.1, 0.15) is 24.0 Å². The van der Waals surface area contributed by atoms with Crippen molar-refractivity contribution in [2.45, 2.75) is 25.0 Å². The highest BCUT2D eigenvalue weighted by molar-refractivity contribution is 9.10. The quantitative estimate of drug-likeness (QED) is 0.597. The van der Waals surface area contributed by atoms with E-state index in [0.717, 1.165) is 34.2 Å². The number of isocyanates is 1. The van der Waals surface area contributed by atoms with Crippen LogP contribution in [0.15, 0.2) is 58.0 Å². The highest BCUT2D eigenvalue weighted by Gasteiger charge is 2.45. The fourth-order valence-electron chi connectivity index (χ4n) is 2.31. The SMILES string of the molecule is O=C=NC1(c2ccc(OCc3ccccc3)c(Br)c2)CC1. The van der Waals surface area contributed by atoms with E-state index in [0.29, 0.717) is 6.61 Å². The molecule has 0 bridgehead atoms. The molecule has 3 rings (SSSR count). The number of aliphatic imine (C=N–C) groups is 1. The van der Waals surface area contributed by atoms with Crippen molar-refractivity contribution in [3.05, 3.63) is 64.1 Å². The van der Waals surface area contributed by atoms with Crippen LogP contribution >= 0.6 is 15.9 Å². The third-order valence-electron chi connectivity index (χ3n) is 3.69. The smallest absolute Gasteiger partial charge is 0.235 e. The molecule has 1 aliphatic rings. The van der Waals surface area contributed by atoms with Crippen LogP contribution in [0.2, 0.25) is 0 Å². The van der Waals surface area contributed by atoms with Gasteiger partial charge in [0.15, 0.2) is 0 Å². The summed E-state index contributed by atoms with van der Waals surface area (Å²) in [5, 5.41) is 0. The summed E-state index contributed by atoms with van der Waals surface area (Å²) in [5.74, 6) is 0.786. The molecule has 0 spiro atoms. The van der Waals surface area contributed by atoms with Gasteiger partial charge in [-0.2, -0.15) is 4.99 Å². The number of rotatable bonds is 5. The van der Waals surface area contributed by atoms with Gasteiger partial charge in [0.1, 0.15) is 12.4 Å². The second kappa shape index (κ2) is 5.84. The van der Waals surface area contributed by atoms with E-state index in [4.69, 9.17) is 4.74 Å². The molecule has 106 valence electrons. The average Bonchev–Trinajstić information content (AvgIpc) is 3.28. The lowest BCUT2D eigenvalue weighted by Gasteiger charge is -2.12. The van der Waals surface area contributed by atoms with Gasteiger partial charge >= 0.3 is 0 Å². The topological polar surface area (TPSA) is 38.7 Å². The molecule has 1 fully saturated rings. The van der Waals surface area contributed by atoms with E-state index in [2.05, 4.69) is 20.9 Å². The minimum atomic E-state index is -0.345. The third-order valence-corrected chi connectivity index (χ3v) is 4.31. The van der Waals surface area contributed by atoms with Gasteiger partial charge in [-0.05, 0) is 52.0 Å². The van der Waals surface area contributed by atoms with Crippen LogP contribution in [-0.2, 0) is 16.9 Å². The van der Waals surface area contributed by atoms with Crippen LogP contribution in [-0.4, -0.2) is 6.08 Å². The Balaban J connectivity index is 1.75. The molecule has 1 aliphatic carbocycles. The number of ether oxygens (including phenoxy) is 1. The molecule has 0 saturated heterocycles. The van der Waals surface area contributed by atoms with Gasteiger partial charge in [-0.15, -0.1) is 0 Å². The normalized spacial score (nSPS) is 15.1. The molecule has 3 nitrogen and oxygen atoms in total. The van der Waals surface area contributed by atoms with Crippen LogP contribution in [0.4, 0.5) is 0 Å². The molecular formula is C17H14BrNO2. The molecule has 2 aromatic rings. The number of carbonyl (C=O) groups excluding carboxylic acids is 1. The zero-order valence-electron chi connectivity index (χ0n) is 11.4. The van der Waals surface area contributed by atoms with Gasteiger partial charge in [-0.1, -0.05) is 36.4 Å². The molecule has 21 heavy (non-hydrogen) atoms. The van der Waals surface area contributed by atoms with Crippen molar-refractivity contribution in [1.29, 1.82) is 0 Å². The summed E-state index contributed by atoms with van der Waals surface area (Å²) in [5.41, 5.74) is 1.81. The van der Waals surface area contributed by atoms with Crippen molar-refractivity contribution >= 4 is 22.0 Å². The zero-order chi connectivity index (χ0) is 14.7. The predicted octanol–water partition coefficient (Wildman–Crippen LogP) is 4.35. The van der Waals surface area contributed by atoms with Crippen molar-refractivity contribution in [3.63, 3.8) is 0 Å². The van der Waals surface area contributed by atoms with Crippen molar-refractivity contribution in [2.24, 2.45) is 4.99 Å². The van der Waals surface area contributed by atoms with Crippen molar-refractivity contribution in [1.82, 2.24) is 0 Å². The number of benzene rings is 2. The van der Waals surface area contributed by atoms with Crippen LogP contribution in [0.25, 0.3) is 0 Å². The number of halogens is 1. The maximum absolute atomic E-state index is 10.5. The van der Waals surface area contributed by atoms with Crippen molar-refractivity contribution in [3.8, 4) is 5.75 Å². The third kappa shape index (κ3) is 3.07. The fourth-order valence-corrected chi connectivity index (χ4v) is 2.81. The number of hydrogen-bond acceptors (Lipinski definition) is 3. The molecule has 0 N–H and O–H groups in total. The molecule has 0 atom stereocenters. The maximum Gasteiger partial charge on any atom is 0.235 e. The van der Waals surface area contributed by atoms with Crippen LogP contribution in [0.5, 0.6) is 5.75 Å². The Kier molecular flexibility index (Phi) is 3.91. The standard InChI is InChI=1S/C17H14BrNO2/c18-15-10-14(17(8-9-17)19-12-20)6-7-16(15)21-11-13-4-2-1-3-5-13/h1-7,10H,8-9,11H2. The minimum Gasteiger partial charge on any atom is -0.488 e. The summed E-state index contributed by atoms with van der Waals surface area (Å²) in [6, 6.07) is 15.9. The summed E-state index contributed by atoms with van der Waals surface area (Å²) < 4.78 is 6.69. The molecule has 0 aromatic heterocycles. The van der Waals surface area contributed by atoms with E-state index in [9.17, 15) is 4.79 Å². The Morgan fingerprint density at radius 2 is 1.95 bits per heavy atom. The zero-order valence-corrected chi connectivity index (χ0v) is 13.0. The summed E-state index contributed by atoms with van der Waals surface area (Å²) in [4.78, 5) is 14.5. The summed E-state index contributed by atoms with van der Waals surface area (Å²) >= 11 is 3.53. The van der Waals surface area contributed by atoms with Gasteiger partial charge in [0.25, 0.3) is 0 Å². The molecule has 1 saturated carbocycles. The molecule has 0 heterocycles. The molecule has 0 radical (unpaired) electrons. The van der Waals surface area contributed by atoms with Gasteiger partial charge in [-0.3, -0.25) is 0 Å².